The molecule has 0 amide bonds. The Kier molecular flexibility index (Phi) is 5.85. The smallest absolute Gasteiger partial charge is 0.234 e. The summed E-state index contributed by atoms with van der Waals surface area (Å²) in [6.45, 7) is 8.09. The molecule has 4 aliphatic rings. The predicted octanol–water partition coefficient (Wildman–Crippen LogP) is 9.01. The Morgan fingerprint density at radius 3 is 1.27 bits per heavy atom. The summed E-state index contributed by atoms with van der Waals surface area (Å²) in [4.78, 5) is 55.0. The molecule has 0 unspecified atom stereocenters. The Morgan fingerprint density at radius 1 is 0.500 bits per heavy atom. The first-order valence-electron chi connectivity index (χ1n) is 15.6. The molecule has 6 nitrogen and oxygen atoms in total. The number of hydrogen-bond donors (Lipinski definition) is 0. The van der Waals surface area contributed by atoms with E-state index in [9.17, 15) is 19.2 Å². The van der Waals surface area contributed by atoms with Crippen LogP contribution in [0.1, 0.15) is 80.4 Å². The van der Waals surface area contributed by atoms with Crippen LogP contribution >= 0.6 is 22.7 Å². The van der Waals surface area contributed by atoms with E-state index in [0.717, 1.165) is 53.3 Å². The SMILES string of the molecule is CC1(C)Oc2cc3c(cc2-c2sc(/C=C4\C(=O)C(=O)c5ccccc54)cc21)OC(C)(C)c1cc(/C=C2\C(=O)C(=O)c4ccccc42)sc1-3. The number of ether oxygens (including phenoxy) is 2. The quantitative estimate of drug-likeness (QED) is 0.138. The summed E-state index contributed by atoms with van der Waals surface area (Å²) in [6, 6.07) is 22.4. The number of carbonyl (C=O) groups is 4. The Bertz CT molecular complexity index is 2260. The van der Waals surface area contributed by atoms with Crippen LogP contribution in [0.4, 0.5) is 0 Å². The van der Waals surface area contributed by atoms with Gasteiger partial charge in [-0.05, 0) is 75.2 Å². The van der Waals surface area contributed by atoms with Gasteiger partial charge in [-0.2, -0.15) is 0 Å². The van der Waals surface area contributed by atoms with Crippen molar-refractivity contribution in [3.63, 3.8) is 0 Å². The second-order valence-corrected chi connectivity index (χ2v) is 15.5. The Hall–Kier alpha value is -5.18. The van der Waals surface area contributed by atoms with E-state index in [-0.39, 0.29) is 0 Å². The maximum absolute atomic E-state index is 13.0. The second-order valence-electron chi connectivity index (χ2n) is 13.4. The van der Waals surface area contributed by atoms with Crippen molar-refractivity contribution in [2.75, 3.05) is 0 Å². The number of hydrogen-bond acceptors (Lipinski definition) is 8. The van der Waals surface area contributed by atoms with Gasteiger partial charge in [-0.1, -0.05) is 48.5 Å². The molecular weight excluding hydrogens is 641 g/mol. The van der Waals surface area contributed by atoms with E-state index in [0.29, 0.717) is 33.4 Å². The van der Waals surface area contributed by atoms with Crippen LogP contribution in [-0.4, -0.2) is 23.1 Å². The average molecular weight is 667 g/mol. The highest BCUT2D eigenvalue weighted by Gasteiger charge is 2.41. The van der Waals surface area contributed by atoms with Gasteiger partial charge in [0.2, 0.25) is 23.1 Å². The third-order valence-electron chi connectivity index (χ3n) is 9.50. The van der Waals surface area contributed by atoms with Crippen LogP contribution in [0, 0.1) is 0 Å². The number of carbonyl (C=O) groups excluding carboxylic acids is 4. The zero-order valence-corrected chi connectivity index (χ0v) is 28.0. The summed E-state index contributed by atoms with van der Waals surface area (Å²) in [5.41, 5.74) is 5.48. The zero-order valence-electron chi connectivity index (χ0n) is 26.3. The van der Waals surface area contributed by atoms with Crippen molar-refractivity contribution in [3.8, 4) is 32.4 Å². The molecule has 234 valence electrons. The van der Waals surface area contributed by atoms with Gasteiger partial charge in [0.1, 0.15) is 22.7 Å². The van der Waals surface area contributed by atoms with Crippen molar-refractivity contribution in [3.05, 3.63) is 116 Å². The number of rotatable bonds is 2. The molecule has 48 heavy (non-hydrogen) atoms. The van der Waals surface area contributed by atoms with Crippen LogP contribution < -0.4 is 9.47 Å². The molecule has 0 bridgehead atoms. The molecular formula is C40H26O6S2. The fourth-order valence-corrected chi connectivity index (χ4v) is 9.68. The zero-order chi connectivity index (χ0) is 33.3. The van der Waals surface area contributed by atoms with Gasteiger partial charge >= 0.3 is 0 Å². The van der Waals surface area contributed by atoms with Crippen molar-refractivity contribution in [2.45, 2.75) is 38.9 Å². The molecule has 9 rings (SSSR count). The lowest BCUT2D eigenvalue weighted by Gasteiger charge is -2.36. The van der Waals surface area contributed by atoms with E-state index >= 15 is 0 Å². The highest BCUT2D eigenvalue weighted by atomic mass is 32.1. The third kappa shape index (κ3) is 4.02. The number of fused-ring (bicyclic) bond motifs is 8. The normalized spacial score (nSPS) is 19.3. The van der Waals surface area contributed by atoms with E-state index in [4.69, 9.17) is 9.47 Å². The van der Waals surface area contributed by atoms with E-state index in [2.05, 4.69) is 0 Å². The number of allylic oxidation sites excluding steroid dienone is 2. The summed E-state index contributed by atoms with van der Waals surface area (Å²) in [5.74, 6) is -0.482. The molecule has 8 heteroatoms. The highest BCUT2D eigenvalue weighted by Crippen LogP contribution is 2.57. The van der Waals surface area contributed by atoms with Gasteiger partial charge in [0.25, 0.3) is 0 Å². The Morgan fingerprint density at radius 2 is 0.875 bits per heavy atom. The number of Topliss-reactive ketones (excluding diaryl/α,β-unsaturated/α-hetero) is 4. The van der Waals surface area contributed by atoms with Gasteiger partial charge in [-0.3, -0.25) is 19.2 Å². The van der Waals surface area contributed by atoms with Gasteiger partial charge in [-0.15, -0.1) is 22.7 Å². The second kappa shape index (κ2) is 9.69. The van der Waals surface area contributed by atoms with Crippen LogP contribution in [0.3, 0.4) is 0 Å². The molecule has 5 aromatic rings. The maximum Gasteiger partial charge on any atom is 0.234 e. The largest absolute Gasteiger partial charge is 0.482 e. The fourth-order valence-electron chi connectivity index (χ4n) is 7.14. The third-order valence-corrected chi connectivity index (χ3v) is 11.7. The Balaban J connectivity index is 1.15. The first kappa shape index (κ1) is 29.0. The first-order valence-corrected chi connectivity index (χ1v) is 17.2. The molecule has 0 saturated heterocycles. The van der Waals surface area contributed by atoms with Crippen molar-refractivity contribution < 1.29 is 28.7 Å². The molecule has 2 aromatic heterocycles. The van der Waals surface area contributed by atoms with E-state index in [1.54, 1.807) is 46.9 Å². The highest BCUT2D eigenvalue weighted by molar-refractivity contribution is 7.17. The van der Waals surface area contributed by atoms with Crippen LogP contribution in [0.15, 0.2) is 72.8 Å². The van der Waals surface area contributed by atoms with Gasteiger partial charge in [-0.25, -0.2) is 0 Å². The number of thiophene rings is 2. The number of benzene rings is 3. The molecule has 0 radical (unpaired) electrons. The van der Waals surface area contributed by atoms with Gasteiger partial charge in [0.15, 0.2) is 0 Å². The molecule has 2 aliphatic carbocycles. The lowest BCUT2D eigenvalue weighted by atomic mass is 9.88. The minimum atomic E-state index is -0.664. The lowest BCUT2D eigenvalue weighted by molar-refractivity contribution is -0.110. The molecule has 2 aliphatic heterocycles. The Labute approximate surface area is 284 Å². The summed E-state index contributed by atoms with van der Waals surface area (Å²) in [7, 11) is 0. The van der Waals surface area contributed by atoms with E-state index in [1.165, 1.54) is 0 Å². The predicted molar refractivity (Wildman–Crippen MR) is 188 cm³/mol. The summed E-state index contributed by atoms with van der Waals surface area (Å²) in [6.07, 6.45) is 3.63. The molecule has 3 aromatic carbocycles. The van der Waals surface area contributed by atoms with Crippen LogP contribution in [0.25, 0.3) is 44.2 Å². The molecule has 0 fully saturated rings. The summed E-state index contributed by atoms with van der Waals surface area (Å²) in [5, 5.41) is 0. The minimum absolute atomic E-state index is 0.409. The van der Waals surface area contributed by atoms with Crippen LogP contribution in [0.5, 0.6) is 11.5 Å². The molecule has 4 heterocycles. The van der Waals surface area contributed by atoms with Gasteiger partial charge in [0, 0.05) is 64.0 Å². The van der Waals surface area contributed by atoms with Gasteiger partial charge < -0.3 is 9.47 Å². The average Bonchev–Trinajstić information content (AvgIpc) is 3.80. The van der Waals surface area contributed by atoms with Crippen molar-refractivity contribution in [1.82, 2.24) is 0 Å². The molecule has 0 N–H and O–H groups in total. The topological polar surface area (TPSA) is 86.7 Å². The summed E-state index contributed by atoms with van der Waals surface area (Å²) >= 11 is 3.12. The monoisotopic (exact) mass is 666 g/mol. The minimum Gasteiger partial charge on any atom is -0.482 e. The molecule has 0 saturated carbocycles. The summed E-state index contributed by atoms with van der Waals surface area (Å²) < 4.78 is 13.3. The van der Waals surface area contributed by atoms with E-state index in [1.807, 2.05) is 88.4 Å². The van der Waals surface area contributed by atoms with Crippen LogP contribution in [0.2, 0.25) is 0 Å². The molecule has 0 atom stereocenters. The maximum atomic E-state index is 13.0. The fraction of sp³-hybridized carbons (Fsp3) is 0.150. The van der Waals surface area contributed by atoms with Crippen molar-refractivity contribution >= 4 is 69.1 Å². The standard InChI is InChI=1S/C40H26O6S2/c1-39(2)29-15-19(13-25-21-9-5-7-11-23(21)33(41)35(25)43)47-37(29)27-18-32-28(17-31(27)45-39)38-30(40(3,4)46-32)16-20(48-38)14-26-22-10-6-8-12-24(22)34(42)36(26)44/h5-18H,1-4H3/b25-13-,26-14-. The lowest BCUT2D eigenvalue weighted by Crippen LogP contribution is -2.30. The van der Waals surface area contributed by atoms with E-state index < -0.39 is 34.3 Å². The first-order chi connectivity index (χ1) is 22.9. The van der Waals surface area contributed by atoms with Gasteiger partial charge in [0.05, 0.1) is 0 Å². The van der Waals surface area contributed by atoms with Crippen molar-refractivity contribution in [1.29, 1.82) is 0 Å². The number of ketones is 4. The van der Waals surface area contributed by atoms with Crippen LogP contribution in [-0.2, 0) is 20.8 Å². The molecule has 0 spiro atoms. The van der Waals surface area contributed by atoms with Crippen molar-refractivity contribution in [2.24, 2.45) is 0 Å².